The molecule has 310 valence electrons. The van der Waals surface area contributed by atoms with E-state index in [0.29, 0.717) is 33.6 Å². The summed E-state index contributed by atoms with van der Waals surface area (Å²) in [4.78, 5) is 0. The van der Waals surface area contributed by atoms with E-state index in [1.54, 1.807) is 74.5 Å². The van der Waals surface area contributed by atoms with Crippen molar-refractivity contribution in [1.29, 1.82) is 0 Å². The van der Waals surface area contributed by atoms with Gasteiger partial charge in [0, 0.05) is 20.6 Å². The zero-order chi connectivity index (χ0) is 43.0. The molecule has 0 aromatic heterocycles. The Hall–Kier alpha value is -3.03. The third-order valence-electron chi connectivity index (χ3n) is 9.81. The number of halogens is 17. The van der Waals surface area contributed by atoms with Crippen LogP contribution in [0.15, 0.2) is 84.9 Å². The molecule has 0 fully saturated rings. The van der Waals surface area contributed by atoms with Gasteiger partial charge in [0.1, 0.15) is 0 Å². The van der Waals surface area contributed by atoms with E-state index in [4.69, 9.17) is 0 Å². The number of benzene rings is 4. The van der Waals surface area contributed by atoms with Crippen LogP contribution in [0.5, 0.6) is 0 Å². The third-order valence-corrected chi connectivity index (χ3v) is 12.9. The molecule has 0 aliphatic rings. The molecule has 2 radical (unpaired) electrons. The molecule has 19 heteroatoms. The summed E-state index contributed by atoms with van der Waals surface area (Å²) in [6.07, 6.45) is -11.6. The average molecular weight is 903 g/mol. The fourth-order valence-electron chi connectivity index (χ4n) is 6.37. The summed E-state index contributed by atoms with van der Waals surface area (Å²) in [7, 11) is -1.64. The summed E-state index contributed by atoms with van der Waals surface area (Å²) in [6.45, 7) is 3.49. The predicted octanol–water partition coefficient (Wildman–Crippen LogP) is 13.3. The Balaban J connectivity index is 0.00000414. The first-order valence-electron chi connectivity index (χ1n) is 16.8. The van der Waals surface area contributed by atoms with Crippen LogP contribution < -0.4 is 0 Å². The minimum absolute atomic E-state index is 0.0631. The first-order valence-corrected chi connectivity index (χ1v) is 21.9. The van der Waals surface area contributed by atoms with Crippen molar-refractivity contribution in [3.05, 3.63) is 96.1 Å². The van der Waals surface area contributed by atoms with Gasteiger partial charge in [0.05, 0.1) is 0 Å². The number of fused-ring (bicyclic) bond motifs is 2. The van der Waals surface area contributed by atoms with E-state index in [2.05, 4.69) is 5.76 Å². The fraction of sp³-hybridized carbons (Fsp3) is 0.459. The van der Waals surface area contributed by atoms with Crippen molar-refractivity contribution >= 4 is 46.9 Å². The van der Waals surface area contributed by atoms with E-state index in [0.717, 1.165) is 0 Å². The van der Waals surface area contributed by atoms with E-state index in [9.17, 15) is 57.1 Å². The summed E-state index contributed by atoms with van der Waals surface area (Å²) in [5, 5.41) is 2.25. The molecule has 0 heterocycles. The first kappa shape index (κ1) is 47.3. The molecule has 4 aromatic carbocycles. The van der Waals surface area contributed by atoms with Crippen molar-refractivity contribution in [3.8, 4) is 0 Å². The van der Waals surface area contributed by atoms with E-state index in [1.165, 1.54) is 40.8 Å². The summed E-state index contributed by atoms with van der Waals surface area (Å²) in [6, 6.07) is 23.0. The standard InChI is InChI=1S/C36H30F17Si.CH5Ge/c1-3-54(4-2)21-28(26-15-13-22-9-5-7-11-24(22)19-26,27-16-14-23-10-6-8-12-25(23)20-27)17-18-29(37,38)30(39,40)31(41,42)32(43,44)33(45,46)34(47,48)35(49,50)36(51,52)53;1-2/h5-16,19-20H,3-4,17-18,21H2,1-2H3;2H2,1H3. The second kappa shape index (κ2) is 16.3. The molecule has 0 saturated carbocycles. The van der Waals surface area contributed by atoms with Gasteiger partial charge in [-0.15, -0.1) is 0 Å². The van der Waals surface area contributed by atoms with Gasteiger partial charge in [-0.3, -0.25) is 0 Å². The van der Waals surface area contributed by atoms with E-state index < -0.39 is 74.7 Å². The van der Waals surface area contributed by atoms with Crippen LogP contribution in [0.2, 0.25) is 23.9 Å². The van der Waals surface area contributed by atoms with Crippen LogP contribution in [0.1, 0.15) is 37.8 Å². The van der Waals surface area contributed by atoms with Crippen LogP contribution in [0, 0.1) is 0 Å². The van der Waals surface area contributed by atoms with Gasteiger partial charge in [-0.1, -0.05) is 111 Å². The summed E-state index contributed by atoms with van der Waals surface area (Å²) in [5.74, 6) is -54.5. The molecule has 0 aliphatic heterocycles. The molecule has 0 bridgehead atoms. The van der Waals surface area contributed by atoms with Crippen LogP contribution in [0.3, 0.4) is 0 Å². The maximum absolute atomic E-state index is 15.6. The van der Waals surface area contributed by atoms with E-state index in [-0.39, 0.29) is 17.2 Å². The van der Waals surface area contributed by atoms with Crippen LogP contribution >= 0.6 is 0 Å². The Morgan fingerprint density at radius 1 is 0.429 bits per heavy atom. The van der Waals surface area contributed by atoms with Crippen molar-refractivity contribution in [2.75, 3.05) is 0 Å². The van der Waals surface area contributed by atoms with Gasteiger partial charge in [-0.2, -0.15) is 74.6 Å². The van der Waals surface area contributed by atoms with Gasteiger partial charge in [-0.25, -0.2) is 0 Å². The summed E-state index contributed by atoms with van der Waals surface area (Å²) >= 11 is 1.38. The second-order valence-electron chi connectivity index (χ2n) is 13.0. The molecular weight excluding hydrogens is 868 g/mol. The average Bonchev–Trinajstić information content (AvgIpc) is 3.14. The Morgan fingerprint density at radius 3 is 1.12 bits per heavy atom. The SMILES string of the molecule is CC[Si](CC)CC(CCC(F)(F)C(F)(F)C(F)(F)C(F)(F)C(F)(F)C(F)(F)C(F)(F)C(F)(F)F)(c1ccc2ccccc2c1)c1ccc2ccccc2c1.[CH3][GeH2]. The third kappa shape index (κ3) is 7.77. The quantitative estimate of drug-likeness (QED) is 0.0824. The Labute approximate surface area is 320 Å². The van der Waals surface area contributed by atoms with Gasteiger partial charge < -0.3 is 0 Å². The van der Waals surface area contributed by atoms with E-state index in [1.807, 2.05) is 0 Å². The van der Waals surface area contributed by atoms with E-state index >= 15 is 17.6 Å². The van der Waals surface area contributed by atoms with Crippen molar-refractivity contribution in [1.82, 2.24) is 0 Å². The van der Waals surface area contributed by atoms with Gasteiger partial charge in [0.2, 0.25) is 0 Å². The molecular formula is C37H35F17GeSi. The minimum atomic E-state index is -8.67. The van der Waals surface area contributed by atoms with Crippen LogP contribution in [0.25, 0.3) is 21.5 Å². The second-order valence-corrected chi connectivity index (χ2v) is 16.3. The Kier molecular flexibility index (Phi) is 13.8. The zero-order valence-corrected chi connectivity index (χ0v) is 33.7. The van der Waals surface area contributed by atoms with Gasteiger partial charge in [0.15, 0.2) is 0 Å². The van der Waals surface area contributed by atoms with Crippen molar-refractivity contribution < 1.29 is 74.6 Å². The molecule has 0 spiro atoms. The molecule has 0 atom stereocenters. The molecule has 0 unspecified atom stereocenters. The Bertz CT molecular complexity index is 1860. The topological polar surface area (TPSA) is 0 Å². The molecule has 0 aliphatic carbocycles. The number of hydrogen-bond donors (Lipinski definition) is 0. The molecule has 0 N–H and O–H groups in total. The van der Waals surface area contributed by atoms with Gasteiger partial charge >= 0.3 is 69.9 Å². The molecule has 0 nitrogen and oxygen atoms in total. The summed E-state index contributed by atoms with van der Waals surface area (Å²) < 4.78 is 240. The van der Waals surface area contributed by atoms with Crippen molar-refractivity contribution in [2.45, 2.75) is 104 Å². The van der Waals surface area contributed by atoms with Crippen LogP contribution in [-0.4, -0.2) is 72.9 Å². The number of rotatable bonds is 15. The van der Waals surface area contributed by atoms with Gasteiger partial charge in [-0.05, 0) is 45.1 Å². The first-order chi connectivity index (χ1) is 25.6. The van der Waals surface area contributed by atoms with Crippen LogP contribution in [-0.2, 0) is 5.41 Å². The predicted molar refractivity (Wildman–Crippen MR) is 185 cm³/mol. The molecule has 4 aromatic rings. The Morgan fingerprint density at radius 2 is 0.768 bits per heavy atom. The van der Waals surface area contributed by atoms with Crippen LogP contribution in [0.4, 0.5) is 74.6 Å². The molecule has 4 rings (SSSR count). The molecule has 0 amide bonds. The molecule has 0 saturated heterocycles. The monoisotopic (exact) mass is 904 g/mol. The molecule has 56 heavy (non-hydrogen) atoms. The normalized spacial score (nSPS) is 14.3. The summed E-state index contributed by atoms with van der Waals surface area (Å²) in [5.41, 5.74) is -1.45. The fourth-order valence-corrected chi connectivity index (χ4v) is 8.81. The maximum atomic E-state index is 15.6. The van der Waals surface area contributed by atoms with Crippen molar-refractivity contribution in [3.63, 3.8) is 0 Å². The number of alkyl halides is 17. The zero-order valence-electron chi connectivity index (χ0n) is 29.8. The number of hydrogen-bond acceptors (Lipinski definition) is 0. The van der Waals surface area contributed by atoms with Gasteiger partial charge in [0.25, 0.3) is 0 Å². The van der Waals surface area contributed by atoms with Crippen molar-refractivity contribution in [2.24, 2.45) is 0 Å².